The molecule has 3 aromatic rings. The van der Waals surface area contributed by atoms with Crippen LogP contribution in [-0.2, 0) is 0 Å². The third-order valence-corrected chi connectivity index (χ3v) is 4.08. The number of ether oxygens (including phenoxy) is 2. The lowest BCUT2D eigenvalue weighted by Crippen LogP contribution is -2.30. The summed E-state index contributed by atoms with van der Waals surface area (Å²) < 4.78 is 11.0. The second-order valence-electron chi connectivity index (χ2n) is 5.82. The fourth-order valence-corrected chi connectivity index (χ4v) is 2.62. The van der Waals surface area contributed by atoms with Crippen molar-refractivity contribution >= 4 is 16.7 Å². The third-order valence-electron chi connectivity index (χ3n) is 4.08. The van der Waals surface area contributed by atoms with E-state index >= 15 is 0 Å². The number of rotatable bonds is 6. The van der Waals surface area contributed by atoms with Crippen molar-refractivity contribution in [2.45, 2.75) is 0 Å². The largest absolute Gasteiger partial charge is 0.497 e. The van der Waals surface area contributed by atoms with Crippen LogP contribution in [0.4, 0.5) is 0 Å². The van der Waals surface area contributed by atoms with E-state index in [0.717, 1.165) is 22.3 Å². The molecule has 0 fully saturated rings. The van der Waals surface area contributed by atoms with Crippen LogP contribution < -0.4 is 9.47 Å². The van der Waals surface area contributed by atoms with Gasteiger partial charge >= 0.3 is 0 Å². The van der Waals surface area contributed by atoms with E-state index in [1.807, 2.05) is 66.7 Å². The number of methoxy groups -OCH3 is 1. The Balaban J connectivity index is 1.58. The summed E-state index contributed by atoms with van der Waals surface area (Å²) in [7, 11) is 3.44. The van der Waals surface area contributed by atoms with Crippen molar-refractivity contribution < 1.29 is 14.3 Å². The van der Waals surface area contributed by atoms with Crippen molar-refractivity contribution in [3.63, 3.8) is 0 Å². The molecule has 0 unspecified atom stereocenters. The predicted octanol–water partition coefficient (Wildman–Crippen LogP) is 4.00. The molecule has 0 bridgehead atoms. The Hall–Kier alpha value is -3.01. The van der Waals surface area contributed by atoms with E-state index in [4.69, 9.17) is 9.47 Å². The number of hydrogen-bond acceptors (Lipinski definition) is 3. The molecule has 3 rings (SSSR count). The topological polar surface area (TPSA) is 38.8 Å². The number of fused-ring (bicyclic) bond motifs is 1. The van der Waals surface area contributed by atoms with E-state index in [0.29, 0.717) is 18.7 Å². The predicted molar refractivity (Wildman–Crippen MR) is 99.4 cm³/mol. The summed E-state index contributed by atoms with van der Waals surface area (Å²) in [6.45, 7) is 0.963. The molecule has 0 aliphatic carbocycles. The van der Waals surface area contributed by atoms with Gasteiger partial charge in [0.05, 0.1) is 13.7 Å². The third kappa shape index (κ3) is 4.10. The molecule has 0 saturated carbocycles. The van der Waals surface area contributed by atoms with Crippen molar-refractivity contribution in [1.82, 2.24) is 4.90 Å². The first-order valence-electron chi connectivity index (χ1n) is 8.18. The average Bonchev–Trinajstić information content (AvgIpc) is 2.67. The summed E-state index contributed by atoms with van der Waals surface area (Å²) in [6.07, 6.45) is 0. The van der Waals surface area contributed by atoms with Crippen molar-refractivity contribution in [3.8, 4) is 11.5 Å². The number of likely N-dealkylation sites (N-methyl/N-ethyl adjacent to an activating group) is 1. The second kappa shape index (κ2) is 7.71. The Morgan fingerprint density at radius 2 is 1.56 bits per heavy atom. The van der Waals surface area contributed by atoms with E-state index < -0.39 is 0 Å². The maximum absolute atomic E-state index is 12.3. The van der Waals surface area contributed by atoms with Gasteiger partial charge in [0, 0.05) is 12.6 Å². The van der Waals surface area contributed by atoms with Gasteiger partial charge in [0.2, 0.25) is 0 Å². The van der Waals surface area contributed by atoms with Crippen LogP contribution >= 0.6 is 0 Å². The Labute approximate surface area is 147 Å². The lowest BCUT2D eigenvalue weighted by Gasteiger charge is -2.17. The summed E-state index contributed by atoms with van der Waals surface area (Å²) in [4.78, 5) is 13.9. The van der Waals surface area contributed by atoms with Gasteiger partial charge in [-0.25, -0.2) is 0 Å². The molecule has 4 heteroatoms. The smallest absolute Gasteiger partial charge is 0.253 e. The summed E-state index contributed by atoms with van der Waals surface area (Å²) in [5.74, 6) is 1.62. The molecule has 0 aliphatic heterocycles. The molecule has 3 aromatic carbocycles. The Kier molecular flexibility index (Phi) is 5.19. The standard InChI is InChI=1S/C21H21NO3/c1-22(21(23)16-6-4-3-5-7-16)12-13-25-20-11-9-17-14-19(24-2)10-8-18(17)15-20/h3-11,14-15H,12-13H2,1-2H3. The lowest BCUT2D eigenvalue weighted by atomic mass is 10.1. The number of hydrogen-bond donors (Lipinski definition) is 0. The lowest BCUT2D eigenvalue weighted by molar-refractivity contribution is 0.0774. The van der Waals surface area contributed by atoms with Crippen LogP contribution in [0.25, 0.3) is 10.8 Å². The number of amides is 1. The van der Waals surface area contributed by atoms with Crippen molar-refractivity contribution in [1.29, 1.82) is 0 Å². The SMILES string of the molecule is COc1ccc2cc(OCCN(C)C(=O)c3ccccc3)ccc2c1. The zero-order valence-corrected chi connectivity index (χ0v) is 14.4. The average molecular weight is 335 g/mol. The van der Waals surface area contributed by atoms with Crippen LogP contribution in [0.15, 0.2) is 66.7 Å². The Morgan fingerprint density at radius 3 is 2.24 bits per heavy atom. The fourth-order valence-electron chi connectivity index (χ4n) is 2.62. The van der Waals surface area contributed by atoms with Crippen molar-refractivity contribution in [2.24, 2.45) is 0 Å². The summed E-state index contributed by atoms with van der Waals surface area (Å²) in [6, 6.07) is 21.1. The second-order valence-corrected chi connectivity index (χ2v) is 5.82. The van der Waals surface area contributed by atoms with Crippen LogP contribution in [0.5, 0.6) is 11.5 Å². The number of carbonyl (C=O) groups excluding carboxylic acids is 1. The number of nitrogens with zero attached hydrogens (tertiary/aromatic N) is 1. The van der Waals surface area contributed by atoms with E-state index in [1.54, 1.807) is 19.1 Å². The highest BCUT2D eigenvalue weighted by Gasteiger charge is 2.10. The van der Waals surface area contributed by atoms with E-state index in [2.05, 4.69) is 0 Å². The van der Waals surface area contributed by atoms with Crippen molar-refractivity contribution in [3.05, 3.63) is 72.3 Å². The first-order chi connectivity index (χ1) is 12.2. The molecule has 25 heavy (non-hydrogen) atoms. The maximum Gasteiger partial charge on any atom is 0.253 e. The minimum absolute atomic E-state index is 0.00481. The van der Waals surface area contributed by atoms with Gasteiger partial charge in [-0.05, 0) is 47.2 Å². The first kappa shape index (κ1) is 16.8. The highest BCUT2D eigenvalue weighted by molar-refractivity contribution is 5.94. The maximum atomic E-state index is 12.3. The molecule has 1 amide bonds. The monoisotopic (exact) mass is 335 g/mol. The molecular formula is C21H21NO3. The van der Waals surface area contributed by atoms with Gasteiger partial charge < -0.3 is 14.4 Å². The van der Waals surface area contributed by atoms with Gasteiger partial charge in [-0.2, -0.15) is 0 Å². The fraction of sp³-hybridized carbons (Fsp3) is 0.190. The van der Waals surface area contributed by atoms with E-state index in [-0.39, 0.29) is 5.91 Å². The molecule has 0 radical (unpaired) electrons. The minimum Gasteiger partial charge on any atom is -0.497 e. The molecule has 0 heterocycles. The summed E-state index contributed by atoms with van der Waals surface area (Å²) in [5, 5.41) is 2.19. The molecule has 0 aromatic heterocycles. The van der Waals surface area contributed by atoms with E-state index in [1.165, 1.54) is 0 Å². The number of benzene rings is 3. The summed E-state index contributed by atoms with van der Waals surface area (Å²) >= 11 is 0. The van der Waals surface area contributed by atoms with Gasteiger partial charge in [0.15, 0.2) is 0 Å². The van der Waals surface area contributed by atoms with Crippen LogP contribution in [0.2, 0.25) is 0 Å². The normalized spacial score (nSPS) is 10.5. The van der Waals surface area contributed by atoms with Crippen LogP contribution in [0.3, 0.4) is 0 Å². The highest BCUT2D eigenvalue weighted by atomic mass is 16.5. The molecule has 0 aliphatic rings. The van der Waals surface area contributed by atoms with Gasteiger partial charge in [0.1, 0.15) is 18.1 Å². The van der Waals surface area contributed by atoms with Crippen molar-refractivity contribution in [2.75, 3.05) is 27.3 Å². The van der Waals surface area contributed by atoms with Crippen LogP contribution in [0, 0.1) is 0 Å². The zero-order chi connectivity index (χ0) is 17.6. The summed E-state index contributed by atoms with van der Waals surface area (Å²) in [5.41, 5.74) is 0.685. The molecule has 0 atom stereocenters. The molecule has 4 nitrogen and oxygen atoms in total. The molecule has 0 saturated heterocycles. The van der Waals surface area contributed by atoms with Gasteiger partial charge in [0.25, 0.3) is 5.91 Å². The first-order valence-corrected chi connectivity index (χ1v) is 8.18. The molecule has 128 valence electrons. The number of carbonyl (C=O) groups is 1. The molecule has 0 N–H and O–H groups in total. The highest BCUT2D eigenvalue weighted by Crippen LogP contribution is 2.24. The van der Waals surface area contributed by atoms with Crippen LogP contribution in [0.1, 0.15) is 10.4 Å². The zero-order valence-electron chi connectivity index (χ0n) is 14.4. The minimum atomic E-state index is -0.00481. The van der Waals surface area contributed by atoms with Gasteiger partial charge in [-0.1, -0.05) is 30.3 Å². The van der Waals surface area contributed by atoms with Crippen LogP contribution in [-0.4, -0.2) is 38.1 Å². The van der Waals surface area contributed by atoms with Gasteiger partial charge in [-0.15, -0.1) is 0 Å². The Bertz CT molecular complexity index is 861. The molecule has 0 spiro atoms. The van der Waals surface area contributed by atoms with Gasteiger partial charge in [-0.3, -0.25) is 4.79 Å². The van der Waals surface area contributed by atoms with E-state index in [9.17, 15) is 4.79 Å². The molecular weight excluding hydrogens is 314 g/mol. The quantitative estimate of drug-likeness (QED) is 0.683. The Morgan fingerprint density at radius 1 is 0.920 bits per heavy atom.